The average molecular weight is 444 g/mol. The summed E-state index contributed by atoms with van der Waals surface area (Å²) >= 11 is 3.42. The van der Waals surface area contributed by atoms with Gasteiger partial charge in [-0.25, -0.2) is 18.5 Å². The number of halogens is 1. The molecule has 0 bridgehead atoms. The van der Waals surface area contributed by atoms with Crippen LogP contribution in [0.5, 0.6) is 0 Å². The number of rotatable bonds is 7. The summed E-state index contributed by atoms with van der Waals surface area (Å²) in [5, 5.41) is 17.9. The number of anilines is 3. The molecule has 2 aromatic rings. The van der Waals surface area contributed by atoms with E-state index >= 15 is 0 Å². The van der Waals surface area contributed by atoms with Crippen LogP contribution < -0.4 is 15.4 Å². The summed E-state index contributed by atoms with van der Waals surface area (Å²) < 4.78 is 23.3. The highest BCUT2D eigenvalue weighted by Crippen LogP contribution is 2.28. The molecule has 4 N–H and O–H groups in total. The number of sulfonamides is 1. The second-order valence-corrected chi connectivity index (χ2v) is 8.57. The molecule has 1 unspecified atom stereocenters. The van der Waals surface area contributed by atoms with Crippen molar-refractivity contribution in [3.05, 3.63) is 34.9 Å². The fourth-order valence-corrected chi connectivity index (χ4v) is 3.16. The van der Waals surface area contributed by atoms with E-state index in [2.05, 4.69) is 45.1 Å². The first kappa shape index (κ1) is 20.6. The Labute approximate surface area is 161 Å². The fraction of sp³-hybridized carbons (Fsp3) is 0.375. The molecule has 1 atom stereocenters. The van der Waals surface area contributed by atoms with Crippen molar-refractivity contribution in [3.8, 4) is 0 Å². The number of hydrogen-bond donors (Lipinski definition) is 3. The first-order valence-electron chi connectivity index (χ1n) is 7.93. The highest BCUT2D eigenvalue weighted by Gasteiger charge is 2.21. The van der Waals surface area contributed by atoms with Gasteiger partial charge < -0.3 is 15.3 Å². The van der Waals surface area contributed by atoms with Crippen LogP contribution in [0.25, 0.3) is 0 Å². The van der Waals surface area contributed by atoms with Crippen LogP contribution in [0.3, 0.4) is 0 Å². The van der Waals surface area contributed by atoms with E-state index in [1.165, 1.54) is 12.1 Å². The number of nitrogens with one attached hydrogen (secondary N) is 1. The van der Waals surface area contributed by atoms with E-state index in [1.54, 1.807) is 23.2 Å². The SMILES string of the molecule is CC(C)C(C)N(CO)c1nc(Nc2ccc(S(N)(=O)=O)cc2)ncc1Br. The standard InChI is InChI=1S/C16H22BrN5O3S/c1-10(2)11(3)22(9-23)15-14(17)8-19-16(21-15)20-12-4-6-13(7-5-12)26(18,24)25/h4-8,10-11,23H,9H2,1-3H3,(H2,18,24,25)(H,19,20,21). The zero-order valence-corrected chi connectivity index (χ0v) is 17.1. The van der Waals surface area contributed by atoms with Gasteiger partial charge in [-0.15, -0.1) is 0 Å². The zero-order valence-electron chi connectivity index (χ0n) is 14.7. The van der Waals surface area contributed by atoms with Crippen LogP contribution in [0.15, 0.2) is 39.8 Å². The molecule has 0 fully saturated rings. The summed E-state index contributed by atoms with van der Waals surface area (Å²) in [4.78, 5) is 10.5. The van der Waals surface area contributed by atoms with E-state index in [0.717, 1.165) is 0 Å². The van der Waals surface area contributed by atoms with Crippen LogP contribution in [0.2, 0.25) is 0 Å². The molecule has 142 valence electrons. The van der Waals surface area contributed by atoms with Gasteiger partial charge in [-0.05, 0) is 53.0 Å². The van der Waals surface area contributed by atoms with E-state index in [0.29, 0.717) is 27.8 Å². The van der Waals surface area contributed by atoms with Crippen molar-refractivity contribution >= 4 is 43.4 Å². The summed E-state index contributed by atoms with van der Waals surface area (Å²) in [7, 11) is -3.74. The molecular weight excluding hydrogens is 422 g/mol. The van der Waals surface area contributed by atoms with Gasteiger partial charge in [-0.2, -0.15) is 4.98 Å². The minimum atomic E-state index is -3.74. The maximum Gasteiger partial charge on any atom is 0.238 e. The number of hydrogen-bond acceptors (Lipinski definition) is 7. The molecule has 0 aliphatic rings. The van der Waals surface area contributed by atoms with Gasteiger partial charge in [-0.1, -0.05) is 13.8 Å². The lowest BCUT2D eigenvalue weighted by Gasteiger charge is -2.31. The maximum absolute atomic E-state index is 11.3. The molecule has 0 aliphatic carbocycles. The fourth-order valence-electron chi connectivity index (χ4n) is 2.23. The second kappa shape index (κ2) is 8.30. The largest absolute Gasteiger partial charge is 0.376 e. The average Bonchev–Trinajstić information content (AvgIpc) is 2.57. The van der Waals surface area contributed by atoms with Gasteiger partial charge in [0, 0.05) is 17.9 Å². The van der Waals surface area contributed by atoms with Crippen molar-refractivity contribution in [1.29, 1.82) is 0 Å². The van der Waals surface area contributed by atoms with Crippen molar-refractivity contribution in [3.63, 3.8) is 0 Å². The Morgan fingerprint density at radius 3 is 2.38 bits per heavy atom. The van der Waals surface area contributed by atoms with E-state index in [1.807, 2.05) is 6.92 Å². The van der Waals surface area contributed by atoms with Crippen molar-refractivity contribution in [2.75, 3.05) is 16.9 Å². The minimum absolute atomic E-state index is 0.0256. The van der Waals surface area contributed by atoms with E-state index < -0.39 is 10.0 Å². The number of aliphatic hydroxyl groups excluding tert-OH is 1. The smallest absolute Gasteiger partial charge is 0.238 e. The number of aromatic nitrogens is 2. The molecule has 2 rings (SSSR count). The van der Waals surface area contributed by atoms with Crippen LogP contribution in [-0.4, -0.2) is 36.3 Å². The molecule has 26 heavy (non-hydrogen) atoms. The molecule has 1 aromatic carbocycles. The quantitative estimate of drug-likeness (QED) is 0.561. The first-order chi connectivity index (χ1) is 12.1. The number of nitrogens with zero attached hydrogens (tertiary/aromatic N) is 3. The molecule has 0 spiro atoms. The van der Waals surface area contributed by atoms with Gasteiger partial charge in [0.15, 0.2) is 5.82 Å². The van der Waals surface area contributed by atoms with Crippen LogP contribution >= 0.6 is 15.9 Å². The van der Waals surface area contributed by atoms with E-state index in [4.69, 9.17) is 5.14 Å². The number of primary sulfonamides is 1. The Morgan fingerprint density at radius 1 is 1.27 bits per heavy atom. The van der Waals surface area contributed by atoms with Crippen LogP contribution in [0.4, 0.5) is 17.5 Å². The molecule has 1 aromatic heterocycles. The van der Waals surface area contributed by atoms with Gasteiger partial charge in [0.25, 0.3) is 0 Å². The zero-order chi connectivity index (χ0) is 19.5. The third-order valence-electron chi connectivity index (χ3n) is 4.05. The lowest BCUT2D eigenvalue weighted by molar-refractivity contribution is 0.265. The second-order valence-electron chi connectivity index (χ2n) is 6.16. The summed E-state index contributed by atoms with van der Waals surface area (Å²) in [6.07, 6.45) is 1.60. The van der Waals surface area contributed by atoms with Crippen LogP contribution in [0.1, 0.15) is 20.8 Å². The van der Waals surface area contributed by atoms with Crippen molar-refractivity contribution in [2.24, 2.45) is 11.1 Å². The Kier molecular flexibility index (Phi) is 6.56. The van der Waals surface area contributed by atoms with Crippen molar-refractivity contribution < 1.29 is 13.5 Å². The molecule has 0 saturated heterocycles. The molecule has 0 amide bonds. The van der Waals surface area contributed by atoms with Gasteiger partial charge >= 0.3 is 0 Å². The molecule has 0 saturated carbocycles. The number of aliphatic hydroxyl groups is 1. The molecule has 8 nitrogen and oxygen atoms in total. The molecular formula is C16H22BrN5O3S. The molecule has 10 heteroatoms. The predicted molar refractivity (Wildman–Crippen MR) is 105 cm³/mol. The van der Waals surface area contributed by atoms with Crippen molar-refractivity contribution in [1.82, 2.24) is 9.97 Å². The minimum Gasteiger partial charge on any atom is -0.376 e. The topological polar surface area (TPSA) is 121 Å². The normalized spacial score (nSPS) is 12.9. The van der Waals surface area contributed by atoms with Gasteiger partial charge in [-0.3, -0.25) is 0 Å². The lowest BCUT2D eigenvalue weighted by Crippen LogP contribution is -2.38. The van der Waals surface area contributed by atoms with Gasteiger partial charge in [0.2, 0.25) is 16.0 Å². The Bertz CT molecular complexity index is 859. The number of benzene rings is 1. The summed E-state index contributed by atoms with van der Waals surface area (Å²) in [6, 6.07) is 6.01. The van der Waals surface area contributed by atoms with Crippen LogP contribution in [0, 0.1) is 5.92 Å². The van der Waals surface area contributed by atoms with E-state index in [-0.39, 0.29) is 17.7 Å². The Hall–Kier alpha value is -1.75. The molecule has 0 aliphatic heterocycles. The summed E-state index contributed by atoms with van der Waals surface area (Å²) in [5.74, 6) is 1.19. The highest BCUT2D eigenvalue weighted by molar-refractivity contribution is 9.10. The predicted octanol–water partition coefficient (Wildman–Crippen LogP) is 2.43. The third-order valence-corrected chi connectivity index (χ3v) is 5.53. The Balaban J connectivity index is 2.29. The third kappa shape index (κ3) is 4.91. The summed E-state index contributed by atoms with van der Waals surface area (Å²) in [5.41, 5.74) is 0.609. The van der Waals surface area contributed by atoms with E-state index in [9.17, 15) is 13.5 Å². The van der Waals surface area contributed by atoms with Crippen LogP contribution in [-0.2, 0) is 10.0 Å². The van der Waals surface area contributed by atoms with Gasteiger partial charge in [0.1, 0.15) is 6.73 Å². The molecule has 1 heterocycles. The van der Waals surface area contributed by atoms with Crippen molar-refractivity contribution in [2.45, 2.75) is 31.7 Å². The monoisotopic (exact) mass is 443 g/mol. The molecule has 0 radical (unpaired) electrons. The lowest BCUT2D eigenvalue weighted by atomic mass is 10.1. The first-order valence-corrected chi connectivity index (χ1v) is 10.3. The maximum atomic E-state index is 11.3. The highest BCUT2D eigenvalue weighted by atomic mass is 79.9. The van der Waals surface area contributed by atoms with Gasteiger partial charge in [0.05, 0.1) is 9.37 Å². The summed E-state index contributed by atoms with van der Waals surface area (Å²) in [6.45, 7) is 5.95. The Morgan fingerprint density at radius 2 is 1.88 bits per heavy atom. The number of nitrogens with two attached hydrogens (primary N) is 1.